The third-order valence-electron chi connectivity index (χ3n) is 12.8. The number of esters is 3. The van der Waals surface area contributed by atoms with Crippen LogP contribution in [0.4, 0.5) is 0 Å². The van der Waals surface area contributed by atoms with Crippen LogP contribution < -0.4 is 0 Å². The molecule has 0 aliphatic heterocycles. The molecule has 61 heavy (non-hydrogen) atoms. The predicted octanol–water partition coefficient (Wildman–Crippen LogP) is 17.7. The van der Waals surface area contributed by atoms with Crippen molar-refractivity contribution in [3.8, 4) is 0 Å². The molecule has 6 heteroatoms. The van der Waals surface area contributed by atoms with Gasteiger partial charge in [-0.25, -0.2) is 0 Å². The highest BCUT2D eigenvalue weighted by molar-refractivity contribution is 5.71. The van der Waals surface area contributed by atoms with Gasteiger partial charge in [-0.1, -0.05) is 266 Å². The van der Waals surface area contributed by atoms with E-state index in [2.05, 4.69) is 34.6 Å². The van der Waals surface area contributed by atoms with Crippen molar-refractivity contribution in [2.45, 2.75) is 310 Å². The third kappa shape index (κ3) is 47.7. The lowest BCUT2D eigenvalue weighted by atomic mass is 9.99. The monoisotopic (exact) mass is 863 g/mol. The Balaban J connectivity index is 4.29. The van der Waals surface area contributed by atoms with Crippen molar-refractivity contribution in [2.24, 2.45) is 11.8 Å². The van der Waals surface area contributed by atoms with Gasteiger partial charge in [0, 0.05) is 19.3 Å². The topological polar surface area (TPSA) is 78.9 Å². The van der Waals surface area contributed by atoms with Crippen LogP contribution in [0.2, 0.25) is 0 Å². The smallest absolute Gasteiger partial charge is 0.306 e. The number of hydrogen-bond acceptors (Lipinski definition) is 6. The SMILES string of the molecule is CCCCCCCCCCCCCCCCCCCC(=O)OC[C@H](COC(=O)CCCCCCCCCCCCCC(C)C)OC(=O)CCCCCCCCCCC(C)CC. The standard InChI is InChI=1S/C55H106O6/c1-6-8-9-10-11-12-13-14-15-16-17-18-21-24-30-35-40-45-53(56)59-48-52(61-55(58)47-42-37-32-27-26-29-34-39-44-51(5)7-2)49-60-54(57)46-41-36-31-25-22-19-20-23-28-33-38-43-50(3)4/h50-52H,6-49H2,1-5H3/t51?,52-/m1/s1. The summed E-state index contributed by atoms with van der Waals surface area (Å²) in [5, 5.41) is 0. The van der Waals surface area contributed by atoms with E-state index in [1.54, 1.807) is 0 Å². The van der Waals surface area contributed by atoms with E-state index in [1.165, 1.54) is 193 Å². The fourth-order valence-corrected chi connectivity index (χ4v) is 8.31. The first-order chi connectivity index (χ1) is 29.8. The van der Waals surface area contributed by atoms with E-state index in [4.69, 9.17) is 14.2 Å². The predicted molar refractivity (Wildman–Crippen MR) is 261 cm³/mol. The first-order valence-corrected chi connectivity index (χ1v) is 27.3. The average molecular weight is 863 g/mol. The molecule has 0 rings (SSSR count). The van der Waals surface area contributed by atoms with E-state index in [0.717, 1.165) is 69.6 Å². The largest absolute Gasteiger partial charge is 0.462 e. The molecule has 0 aromatic heterocycles. The molecule has 0 amide bonds. The fraction of sp³-hybridized carbons (Fsp3) is 0.945. The lowest BCUT2D eigenvalue weighted by molar-refractivity contribution is -0.167. The van der Waals surface area contributed by atoms with Crippen LogP contribution in [-0.4, -0.2) is 37.2 Å². The summed E-state index contributed by atoms with van der Waals surface area (Å²) >= 11 is 0. The second-order valence-electron chi connectivity index (χ2n) is 19.6. The van der Waals surface area contributed by atoms with E-state index in [1.807, 2.05) is 0 Å². The molecule has 6 nitrogen and oxygen atoms in total. The second kappa shape index (κ2) is 47.9. The zero-order valence-electron chi connectivity index (χ0n) is 41.8. The Bertz CT molecular complexity index is 933. The maximum Gasteiger partial charge on any atom is 0.306 e. The van der Waals surface area contributed by atoms with Gasteiger partial charge in [-0.3, -0.25) is 14.4 Å². The minimum atomic E-state index is -0.762. The Morgan fingerprint density at radius 2 is 0.623 bits per heavy atom. The number of unbranched alkanes of at least 4 members (excludes halogenated alkanes) is 33. The molecule has 0 spiro atoms. The van der Waals surface area contributed by atoms with E-state index < -0.39 is 6.10 Å². The zero-order chi connectivity index (χ0) is 44.7. The summed E-state index contributed by atoms with van der Waals surface area (Å²) < 4.78 is 16.8. The van der Waals surface area contributed by atoms with Gasteiger partial charge in [-0.15, -0.1) is 0 Å². The second-order valence-corrected chi connectivity index (χ2v) is 19.6. The van der Waals surface area contributed by atoms with Gasteiger partial charge in [0.1, 0.15) is 13.2 Å². The Hall–Kier alpha value is -1.59. The molecule has 0 bridgehead atoms. The summed E-state index contributed by atoms with van der Waals surface area (Å²) in [4.78, 5) is 38.0. The summed E-state index contributed by atoms with van der Waals surface area (Å²) in [5.74, 6) is 0.825. The van der Waals surface area contributed by atoms with E-state index >= 15 is 0 Å². The van der Waals surface area contributed by atoms with Gasteiger partial charge >= 0.3 is 17.9 Å². The minimum Gasteiger partial charge on any atom is -0.462 e. The molecule has 0 heterocycles. The van der Waals surface area contributed by atoms with Crippen molar-refractivity contribution in [1.82, 2.24) is 0 Å². The van der Waals surface area contributed by atoms with Crippen LogP contribution in [0.5, 0.6) is 0 Å². The molecule has 362 valence electrons. The quantitative estimate of drug-likeness (QED) is 0.0344. The van der Waals surface area contributed by atoms with E-state index in [0.29, 0.717) is 19.3 Å². The summed E-state index contributed by atoms with van der Waals surface area (Å²) in [6, 6.07) is 0. The molecule has 0 saturated carbocycles. The maximum atomic E-state index is 12.8. The number of hydrogen-bond donors (Lipinski definition) is 0. The molecule has 0 aliphatic carbocycles. The van der Waals surface area contributed by atoms with Crippen molar-refractivity contribution >= 4 is 17.9 Å². The Kier molecular flexibility index (Phi) is 46.6. The molecule has 0 aromatic carbocycles. The molecule has 1 unspecified atom stereocenters. The minimum absolute atomic E-state index is 0.0637. The normalized spacial score (nSPS) is 12.5. The average Bonchev–Trinajstić information content (AvgIpc) is 3.24. The third-order valence-corrected chi connectivity index (χ3v) is 12.8. The zero-order valence-corrected chi connectivity index (χ0v) is 41.8. The van der Waals surface area contributed by atoms with Gasteiger partial charge in [-0.2, -0.15) is 0 Å². The van der Waals surface area contributed by atoms with Gasteiger partial charge in [0.2, 0.25) is 0 Å². The number of carbonyl (C=O) groups is 3. The molecule has 0 N–H and O–H groups in total. The van der Waals surface area contributed by atoms with E-state index in [-0.39, 0.29) is 31.1 Å². The number of carbonyl (C=O) groups excluding carboxylic acids is 3. The van der Waals surface area contributed by atoms with Crippen molar-refractivity contribution in [3.63, 3.8) is 0 Å². The molecule has 0 fully saturated rings. The lowest BCUT2D eigenvalue weighted by Gasteiger charge is -2.18. The molecular weight excluding hydrogens is 757 g/mol. The van der Waals surface area contributed by atoms with Gasteiger partial charge in [0.15, 0.2) is 6.10 Å². The number of rotatable bonds is 49. The molecule has 0 saturated heterocycles. The fourth-order valence-electron chi connectivity index (χ4n) is 8.31. The van der Waals surface area contributed by atoms with Crippen LogP contribution in [-0.2, 0) is 28.6 Å². The van der Waals surface area contributed by atoms with Gasteiger partial charge in [0.25, 0.3) is 0 Å². The van der Waals surface area contributed by atoms with Crippen LogP contribution in [0.25, 0.3) is 0 Å². The Labute approximate surface area is 380 Å². The summed E-state index contributed by atoms with van der Waals surface area (Å²) in [6.45, 7) is 11.4. The first-order valence-electron chi connectivity index (χ1n) is 27.3. The molecular formula is C55H106O6. The Morgan fingerprint density at radius 3 is 0.934 bits per heavy atom. The van der Waals surface area contributed by atoms with Gasteiger partial charge in [-0.05, 0) is 31.1 Å². The Morgan fingerprint density at radius 1 is 0.344 bits per heavy atom. The molecule has 2 atom stereocenters. The highest BCUT2D eigenvalue weighted by Gasteiger charge is 2.19. The summed E-state index contributed by atoms with van der Waals surface area (Å²) in [7, 11) is 0. The highest BCUT2D eigenvalue weighted by atomic mass is 16.6. The maximum absolute atomic E-state index is 12.8. The van der Waals surface area contributed by atoms with Crippen molar-refractivity contribution in [2.75, 3.05) is 13.2 Å². The summed E-state index contributed by atoms with van der Waals surface area (Å²) in [6.07, 6.45) is 49.4. The van der Waals surface area contributed by atoms with Crippen LogP contribution in [0.1, 0.15) is 304 Å². The van der Waals surface area contributed by atoms with Crippen LogP contribution >= 0.6 is 0 Å². The molecule has 0 radical (unpaired) electrons. The van der Waals surface area contributed by atoms with E-state index in [9.17, 15) is 14.4 Å². The number of ether oxygens (including phenoxy) is 3. The van der Waals surface area contributed by atoms with Crippen LogP contribution in [0.15, 0.2) is 0 Å². The van der Waals surface area contributed by atoms with Crippen LogP contribution in [0.3, 0.4) is 0 Å². The lowest BCUT2D eigenvalue weighted by Crippen LogP contribution is -2.30. The molecule has 0 aromatic rings. The van der Waals surface area contributed by atoms with Gasteiger partial charge < -0.3 is 14.2 Å². The summed E-state index contributed by atoms with van der Waals surface area (Å²) in [5.41, 5.74) is 0. The van der Waals surface area contributed by atoms with Crippen molar-refractivity contribution in [1.29, 1.82) is 0 Å². The van der Waals surface area contributed by atoms with Gasteiger partial charge in [0.05, 0.1) is 0 Å². The van der Waals surface area contributed by atoms with Crippen LogP contribution in [0, 0.1) is 11.8 Å². The van der Waals surface area contributed by atoms with Crippen molar-refractivity contribution in [3.05, 3.63) is 0 Å². The molecule has 0 aliphatic rings. The van der Waals surface area contributed by atoms with Crippen molar-refractivity contribution < 1.29 is 28.6 Å². The highest BCUT2D eigenvalue weighted by Crippen LogP contribution is 2.18. The first kappa shape index (κ1) is 59.4.